The molecule has 20 heavy (non-hydrogen) atoms. The van der Waals surface area contributed by atoms with Crippen LogP contribution >= 0.6 is 11.3 Å². The number of nitrogens with one attached hydrogen (secondary N) is 2. The normalized spacial score (nSPS) is 11.9. The summed E-state index contributed by atoms with van der Waals surface area (Å²) in [5.41, 5.74) is 1.51. The van der Waals surface area contributed by atoms with Gasteiger partial charge in [0.2, 0.25) is 0 Å². The van der Waals surface area contributed by atoms with Gasteiger partial charge < -0.3 is 10.6 Å². The van der Waals surface area contributed by atoms with Crippen molar-refractivity contribution in [1.82, 2.24) is 4.98 Å². The first-order valence-electron chi connectivity index (χ1n) is 6.20. The number of hydrogen-bond donors (Lipinski definition) is 2. The Labute approximate surface area is 121 Å². The molecular weight excluding hydrogens is 276 g/mol. The number of nitro benzene ring substituents is 1. The fourth-order valence-electron chi connectivity index (χ4n) is 1.80. The lowest BCUT2D eigenvalue weighted by molar-refractivity contribution is -0.384. The molecule has 0 radical (unpaired) electrons. The summed E-state index contributed by atoms with van der Waals surface area (Å²) in [4.78, 5) is 14.8. The van der Waals surface area contributed by atoms with Gasteiger partial charge >= 0.3 is 0 Å². The Morgan fingerprint density at radius 1 is 1.40 bits per heavy atom. The van der Waals surface area contributed by atoms with Gasteiger partial charge in [-0.25, -0.2) is 4.98 Å². The van der Waals surface area contributed by atoms with Crippen molar-refractivity contribution < 1.29 is 4.92 Å². The second-order valence-electron chi connectivity index (χ2n) is 4.43. The lowest BCUT2D eigenvalue weighted by atomic mass is 10.2. The molecule has 0 fully saturated rings. The standard InChI is InChI=1S/C13H16N4O2S/c1-9(13-15-3-4-20-13)8-16-11-5-10(14-2)6-12(7-11)17(18)19/h3-7,9,14,16H,8H2,1-2H3. The van der Waals surface area contributed by atoms with Crippen LogP contribution in [0.3, 0.4) is 0 Å². The summed E-state index contributed by atoms with van der Waals surface area (Å²) in [6.07, 6.45) is 1.78. The molecule has 2 N–H and O–H groups in total. The molecule has 0 amide bonds. The van der Waals surface area contributed by atoms with E-state index >= 15 is 0 Å². The summed E-state index contributed by atoms with van der Waals surface area (Å²) in [6.45, 7) is 2.75. The van der Waals surface area contributed by atoms with Gasteiger partial charge in [-0.3, -0.25) is 10.1 Å². The van der Waals surface area contributed by atoms with Crippen molar-refractivity contribution in [3.8, 4) is 0 Å². The van der Waals surface area contributed by atoms with E-state index in [1.807, 2.05) is 11.4 Å². The number of rotatable bonds is 6. The predicted octanol–water partition coefficient (Wildman–Crippen LogP) is 3.31. The zero-order valence-electron chi connectivity index (χ0n) is 11.3. The van der Waals surface area contributed by atoms with Crippen molar-refractivity contribution in [2.24, 2.45) is 0 Å². The fraction of sp³-hybridized carbons (Fsp3) is 0.308. The third kappa shape index (κ3) is 3.45. The molecule has 106 valence electrons. The van der Waals surface area contributed by atoms with E-state index in [-0.39, 0.29) is 11.6 Å². The van der Waals surface area contributed by atoms with Crippen LogP contribution in [0.25, 0.3) is 0 Å². The van der Waals surface area contributed by atoms with Crippen molar-refractivity contribution in [3.05, 3.63) is 44.9 Å². The number of non-ortho nitro benzene ring substituents is 1. The first-order chi connectivity index (χ1) is 9.60. The average molecular weight is 292 g/mol. The van der Waals surface area contributed by atoms with E-state index in [1.165, 1.54) is 12.1 Å². The highest BCUT2D eigenvalue weighted by atomic mass is 32.1. The van der Waals surface area contributed by atoms with Crippen LogP contribution in [-0.2, 0) is 0 Å². The number of hydrogen-bond acceptors (Lipinski definition) is 6. The smallest absolute Gasteiger partial charge is 0.273 e. The summed E-state index contributed by atoms with van der Waals surface area (Å²) < 4.78 is 0. The Bertz CT molecular complexity index is 586. The zero-order chi connectivity index (χ0) is 14.5. The van der Waals surface area contributed by atoms with Crippen LogP contribution in [0.2, 0.25) is 0 Å². The van der Waals surface area contributed by atoms with Crippen LogP contribution in [-0.4, -0.2) is 23.5 Å². The van der Waals surface area contributed by atoms with Gasteiger partial charge in [-0.2, -0.15) is 0 Å². The first kappa shape index (κ1) is 14.3. The van der Waals surface area contributed by atoms with Crippen LogP contribution in [0.5, 0.6) is 0 Å². The lowest BCUT2D eigenvalue weighted by Gasteiger charge is -2.12. The fourth-order valence-corrected chi connectivity index (χ4v) is 2.50. The Morgan fingerprint density at radius 2 is 2.15 bits per heavy atom. The van der Waals surface area contributed by atoms with Crippen molar-refractivity contribution >= 4 is 28.4 Å². The van der Waals surface area contributed by atoms with Crippen LogP contribution < -0.4 is 10.6 Å². The summed E-state index contributed by atoms with van der Waals surface area (Å²) in [7, 11) is 1.74. The summed E-state index contributed by atoms with van der Waals surface area (Å²) >= 11 is 1.61. The number of aromatic nitrogens is 1. The third-order valence-corrected chi connectivity index (χ3v) is 3.91. The molecule has 7 heteroatoms. The molecule has 1 aromatic carbocycles. The molecule has 1 heterocycles. The van der Waals surface area contributed by atoms with Crippen molar-refractivity contribution in [2.45, 2.75) is 12.8 Å². The summed E-state index contributed by atoms with van der Waals surface area (Å²) in [6, 6.07) is 4.90. The van der Waals surface area contributed by atoms with E-state index in [1.54, 1.807) is 24.6 Å². The molecule has 1 unspecified atom stereocenters. The zero-order valence-corrected chi connectivity index (χ0v) is 12.1. The molecule has 0 saturated heterocycles. The van der Waals surface area contributed by atoms with E-state index in [4.69, 9.17) is 0 Å². The van der Waals surface area contributed by atoms with Crippen LogP contribution in [0, 0.1) is 10.1 Å². The minimum atomic E-state index is -0.393. The average Bonchev–Trinajstić information content (AvgIpc) is 2.98. The van der Waals surface area contributed by atoms with Gasteiger partial charge in [-0.1, -0.05) is 6.92 Å². The van der Waals surface area contributed by atoms with Gasteiger partial charge in [-0.05, 0) is 6.07 Å². The SMILES string of the molecule is CNc1cc(NCC(C)c2nccs2)cc([N+](=O)[O-])c1. The minimum Gasteiger partial charge on any atom is -0.388 e. The molecule has 2 rings (SSSR count). The number of thiazole rings is 1. The Kier molecular flexibility index (Phi) is 4.52. The number of benzene rings is 1. The molecule has 0 bridgehead atoms. The highest BCUT2D eigenvalue weighted by molar-refractivity contribution is 7.09. The maximum atomic E-state index is 10.9. The molecule has 6 nitrogen and oxygen atoms in total. The van der Waals surface area contributed by atoms with Gasteiger partial charge in [0.05, 0.1) is 9.93 Å². The highest BCUT2D eigenvalue weighted by Gasteiger charge is 2.11. The van der Waals surface area contributed by atoms with Crippen molar-refractivity contribution in [2.75, 3.05) is 24.2 Å². The number of nitrogens with zero attached hydrogens (tertiary/aromatic N) is 2. The molecule has 2 aromatic rings. The van der Waals surface area contributed by atoms with Crippen LogP contribution in [0.1, 0.15) is 17.8 Å². The largest absolute Gasteiger partial charge is 0.388 e. The minimum absolute atomic E-state index is 0.0706. The van der Waals surface area contributed by atoms with E-state index in [2.05, 4.69) is 22.5 Å². The van der Waals surface area contributed by atoms with Gasteiger partial charge in [0.25, 0.3) is 5.69 Å². The van der Waals surface area contributed by atoms with E-state index in [0.29, 0.717) is 12.2 Å². The number of nitro groups is 1. The predicted molar refractivity (Wildman–Crippen MR) is 81.7 cm³/mol. The Hall–Kier alpha value is -2.15. The Balaban J connectivity index is 2.09. The molecule has 0 saturated carbocycles. The van der Waals surface area contributed by atoms with E-state index in [9.17, 15) is 10.1 Å². The summed E-state index contributed by atoms with van der Waals surface area (Å²) in [5.74, 6) is 0.257. The quantitative estimate of drug-likeness (QED) is 0.630. The second-order valence-corrected chi connectivity index (χ2v) is 5.35. The highest BCUT2D eigenvalue weighted by Crippen LogP contribution is 2.25. The number of anilines is 2. The lowest BCUT2D eigenvalue weighted by Crippen LogP contribution is -2.10. The van der Waals surface area contributed by atoms with Crippen molar-refractivity contribution in [1.29, 1.82) is 0 Å². The Morgan fingerprint density at radius 3 is 2.75 bits per heavy atom. The molecule has 0 aliphatic heterocycles. The van der Waals surface area contributed by atoms with Gasteiger partial charge in [-0.15, -0.1) is 11.3 Å². The molecule has 0 aliphatic rings. The maximum absolute atomic E-state index is 10.9. The van der Waals surface area contributed by atoms with Crippen LogP contribution in [0.15, 0.2) is 29.8 Å². The van der Waals surface area contributed by atoms with E-state index < -0.39 is 4.92 Å². The topological polar surface area (TPSA) is 80.1 Å². The van der Waals surface area contributed by atoms with E-state index in [0.717, 1.165) is 10.7 Å². The van der Waals surface area contributed by atoms with Gasteiger partial charge in [0.1, 0.15) is 0 Å². The first-order valence-corrected chi connectivity index (χ1v) is 7.08. The van der Waals surface area contributed by atoms with Gasteiger partial charge in [0.15, 0.2) is 0 Å². The van der Waals surface area contributed by atoms with Crippen LogP contribution in [0.4, 0.5) is 17.1 Å². The summed E-state index contributed by atoms with van der Waals surface area (Å²) in [5, 5.41) is 20.0. The molecular formula is C13H16N4O2S. The molecule has 1 aromatic heterocycles. The molecule has 0 aliphatic carbocycles. The maximum Gasteiger partial charge on any atom is 0.273 e. The molecule has 1 atom stereocenters. The molecule has 0 spiro atoms. The van der Waals surface area contributed by atoms with Gasteiger partial charge in [0, 0.05) is 54.6 Å². The third-order valence-electron chi connectivity index (χ3n) is 2.90. The van der Waals surface area contributed by atoms with Crippen molar-refractivity contribution in [3.63, 3.8) is 0 Å². The second kappa shape index (κ2) is 6.33. The monoisotopic (exact) mass is 292 g/mol.